The number of aromatic nitrogens is 1. The van der Waals surface area contributed by atoms with Crippen LogP contribution in [0.3, 0.4) is 0 Å². The SMILES string of the molecule is CC(C)c1ccc2c(n1)CSCC2. The zero-order valence-electron chi connectivity index (χ0n) is 8.21. The van der Waals surface area contributed by atoms with Crippen molar-refractivity contribution in [1.29, 1.82) is 0 Å². The van der Waals surface area contributed by atoms with Crippen molar-refractivity contribution in [1.82, 2.24) is 4.98 Å². The number of pyridine rings is 1. The van der Waals surface area contributed by atoms with Crippen LogP contribution in [0.1, 0.15) is 36.7 Å². The lowest BCUT2D eigenvalue weighted by Crippen LogP contribution is -2.07. The second-order valence-corrected chi connectivity index (χ2v) is 4.90. The average Bonchev–Trinajstić information content (AvgIpc) is 2.17. The number of nitrogens with zero attached hydrogens (tertiary/aromatic N) is 1. The van der Waals surface area contributed by atoms with E-state index in [1.54, 1.807) is 0 Å². The molecule has 2 rings (SSSR count). The van der Waals surface area contributed by atoms with E-state index in [1.165, 1.54) is 29.1 Å². The zero-order valence-corrected chi connectivity index (χ0v) is 9.03. The Bertz CT molecular complexity index is 307. The van der Waals surface area contributed by atoms with E-state index in [-0.39, 0.29) is 0 Å². The molecule has 0 aliphatic carbocycles. The second kappa shape index (κ2) is 3.70. The van der Waals surface area contributed by atoms with E-state index < -0.39 is 0 Å². The summed E-state index contributed by atoms with van der Waals surface area (Å²) in [6.45, 7) is 4.40. The molecule has 0 radical (unpaired) electrons. The minimum atomic E-state index is 0.553. The normalized spacial score (nSPS) is 15.9. The van der Waals surface area contributed by atoms with Gasteiger partial charge < -0.3 is 0 Å². The van der Waals surface area contributed by atoms with Crippen LogP contribution in [0, 0.1) is 0 Å². The Morgan fingerprint density at radius 3 is 3.00 bits per heavy atom. The number of rotatable bonds is 1. The Balaban J connectivity index is 2.35. The topological polar surface area (TPSA) is 12.9 Å². The van der Waals surface area contributed by atoms with E-state index in [4.69, 9.17) is 4.98 Å². The molecule has 1 nitrogen and oxygen atoms in total. The van der Waals surface area contributed by atoms with Crippen molar-refractivity contribution in [3.63, 3.8) is 0 Å². The first kappa shape index (κ1) is 9.07. The van der Waals surface area contributed by atoms with Crippen LogP contribution < -0.4 is 0 Å². The highest BCUT2D eigenvalue weighted by Gasteiger charge is 2.11. The van der Waals surface area contributed by atoms with E-state index >= 15 is 0 Å². The smallest absolute Gasteiger partial charge is 0.0538 e. The summed E-state index contributed by atoms with van der Waals surface area (Å²) < 4.78 is 0. The zero-order chi connectivity index (χ0) is 9.26. The van der Waals surface area contributed by atoms with Crippen molar-refractivity contribution in [3.8, 4) is 0 Å². The minimum absolute atomic E-state index is 0.553. The fourth-order valence-electron chi connectivity index (χ4n) is 1.57. The molecule has 70 valence electrons. The van der Waals surface area contributed by atoms with Crippen molar-refractivity contribution in [2.75, 3.05) is 5.75 Å². The van der Waals surface area contributed by atoms with E-state index in [9.17, 15) is 0 Å². The molecule has 0 fully saturated rings. The molecule has 0 saturated carbocycles. The Morgan fingerprint density at radius 2 is 2.23 bits per heavy atom. The quantitative estimate of drug-likeness (QED) is 0.680. The second-order valence-electron chi connectivity index (χ2n) is 3.80. The lowest BCUT2D eigenvalue weighted by molar-refractivity contribution is 0.806. The predicted molar refractivity (Wildman–Crippen MR) is 58.2 cm³/mol. The van der Waals surface area contributed by atoms with Crippen LogP contribution in [0.15, 0.2) is 12.1 Å². The Hall–Kier alpha value is -0.500. The summed E-state index contributed by atoms with van der Waals surface area (Å²) in [7, 11) is 0. The van der Waals surface area contributed by atoms with Crippen molar-refractivity contribution in [2.24, 2.45) is 0 Å². The molecule has 0 atom stereocenters. The van der Waals surface area contributed by atoms with Crippen LogP contribution in [0.5, 0.6) is 0 Å². The average molecular weight is 193 g/mol. The first-order valence-corrected chi connectivity index (χ1v) is 5.99. The predicted octanol–water partition coefficient (Wildman–Crippen LogP) is 2.99. The van der Waals surface area contributed by atoms with Gasteiger partial charge in [0.25, 0.3) is 0 Å². The van der Waals surface area contributed by atoms with Gasteiger partial charge in [-0.25, -0.2) is 0 Å². The van der Waals surface area contributed by atoms with Crippen molar-refractivity contribution < 1.29 is 0 Å². The number of hydrogen-bond acceptors (Lipinski definition) is 2. The van der Waals surface area contributed by atoms with Gasteiger partial charge in [-0.1, -0.05) is 19.9 Å². The minimum Gasteiger partial charge on any atom is -0.256 e. The van der Waals surface area contributed by atoms with E-state index in [2.05, 4.69) is 26.0 Å². The first-order chi connectivity index (χ1) is 6.27. The van der Waals surface area contributed by atoms with Crippen molar-refractivity contribution >= 4 is 11.8 Å². The molecule has 13 heavy (non-hydrogen) atoms. The van der Waals surface area contributed by atoms with Gasteiger partial charge >= 0.3 is 0 Å². The maximum Gasteiger partial charge on any atom is 0.0538 e. The number of fused-ring (bicyclic) bond motifs is 1. The maximum atomic E-state index is 4.69. The fraction of sp³-hybridized carbons (Fsp3) is 0.545. The Morgan fingerprint density at radius 1 is 1.38 bits per heavy atom. The van der Waals surface area contributed by atoms with Crippen LogP contribution >= 0.6 is 11.8 Å². The summed E-state index contributed by atoms with van der Waals surface area (Å²) in [6, 6.07) is 4.44. The third-order valence-electron chi connectivity index (χ3n) is 2.44. The van der Waals surface area contributed by atoms with E-state index in [0.717, 1.165) is 5.75 Å². The summed E-state index contributed by atoms with van der Waals surface area (Å²) in [4.78, 5) is 4.69. The third kappa shape index (κ3) is 1.88. The van der Waals surface area contributed by atoms with Crippen LogP contribution in [-0.4, -0.2) is 10.7 Å². The van der Waals surface area contributed by atoms with Gasteiger partial charge in [0.05, 0.1) is 5.69 Å². The Labute approximate surface area is 84.0 Å². The van der Waals surface area contributed by atoms with Crippen LogP contribution in [0.25, 0.3) is 0 Å². The van der Waals surface area contributed by atoms with Gasteiger partial charge in [0, 0.05) is 11.4 Å². The Kier molecular flexibility index (Phi) is 2.58. The van der Waals surface area contributed by atoms with Crippen LogP contribution in [0.4, 0.5) is 0 Å². The van der Waals surface area contributed by atoms with Gasteiger partial charge in [0.1, 0.15) is 0 Å². The molecule has 0 spiro atoms. The van der Waals surface area contributed by atoms with Crippen LogP contribution in [-0.2, 0) is 12.2 Å². The molecule has 0 unspecified atom stereocenters. The van der Waals surface area contributed by atoms with Gasteiger partial charge in [-0.05, 0) is 29.7 Å². The summed E-state index contributed by atoms with van der Waals surface area (Å²) in [5.41, 5.74) is 4.02. The number of hydrogen-bond donors (Lipinski definition) is 0. The summed E-state index contributed by atoms with van der Waals surface area (Å²) in [5.74, 6) is 2.92. The lowest BCUT2D eigenvalue weighted by atomic mass is 10.1. The van der Waals surface area contributed by atoms with Gasteiger partial charge in [-0.2, -0.15) is 11.8 Å². The van der Waals surface area contributed by atoms with Gasteiger partial charge in [0.15, 0.2) is 0 Å². The number of aryl methyl sites for hydroxylation is 1. The maximum absolute atomic E-state index is 4.69. The highest BCUT2D eigenvalue weighted by Crippen LogP contribution is 2.24. The molecule has 2 heteroatoms. The van der Waals surface area contributed by atoms with Crippen molar-refractivity contribution in [3.05, 3.63) is 29.1 Å². The van der Waals surface area contributed by atoms with Gasteiger partial charge in [-0.15, -0.1) is 0 Å². The van der Waals surface area contributed by atoms with Gasteiger partial charge in [0.2, 0.25) is 0 Å². The monoisotopic (exact) mass is 193 g/mol. The summed E-state index contributed by atoms with van der Waals surface area (Å²) >= 11 is 2.00. The summed E-state index contributed by atoms with van der Waals surface area (Å²) in [6.07, 6.45) is 1.20. The third-order valence-corrected chi connectivity index (χ3v) is 3.41. The van der Waals surface area contributed by atoms with Crippen molar-refractivity contribution in [2.45, 2.75) is 31.9 Å². The standard InChI is InChI=1S/C11H15NS/c1-8(2)10-4-3-9-5-6-13-7-11(9)12-10/h3-4,8H,5-7H2,1-2H3. The molecule has 1 aromatic heterocycles. The van der Waals surface area contributed by atoms with E-state index in [0.29, 0.717) is 5.92 Å². The molecule has 0 bridgehead atoms. The highest BCUT2D eigenvalue weighted by molar-refractivity contribution is 7.98. The van der Waals surface area contributed by atoms with Gasteiger partial charge in [-0.3, -0.25) is 4.98 Å². The molecule has 0 N–H and O–H groups in total. The largest absolute Gasteiger partial charge is 0.256 e. The molecule has 1 aliphatic heterocycles. The molecule has 1 aliphatic rings. The molecule has 0 saturated heterocycles. The molecular weight excluding hydrogens is 178 g/mol. The fourth-order valence-corrected chi connectivity index (χ4v) is 2.52. The molecule has 2 heterocycles. The lowest BCUT2D eigenvalue weighted by Gasteiger charge is -2.16. The molecule has 0 aromatic carbocycles. The van der Waals surface area contributed by atoms with E-state index in [1.807, 2.05) is 11.8 Å². The molecule has 0 amide bonds. The highest BCUT2D eigenvalue weighted by atomic mass is 32.2. The summed E-state index contributed by atoms with van der Waals surface area (Å²) in [5, 5.41) is 0. The number of thioether (sulfide) groups is 1. The van der Waals surface area contributed by atoms with Crippen LogP contribution in [0.2, 0.25) is 0 Å². The molecule has 1 aromatic rings. The first-order valence-electron chi connectivity index (χ1n) is 4.84. The molecular formula is C11H15NS.